The van der Waals surface area contributed by atoms with Crippen LogP contribution in [-0.2, 0) is 9.53 Å². The van der Waals surface area contributed by atoms with E-state index in [1.807, 2.05) is 20.8 Å². The van der Waals surface area contributed by atoms with Gasteiger partial charge in [-0.05, 0) is 46.1 Å². The fraction of sp³-hybridized carbons (Fsp3) is 0.917. The van der Waals surface area contributed by atoms with Gasteiger partial charge in [-0.2, -0.15) is 0 Å². The molecule has 1 aliphatic carbocycles. The molecule has 2 aliphatic rings. The van der Waals surface area contributed by atoms with E-state index in [1.54, 1.807) is 0 Å². The lowest BCUT2D eigenvalue weighted by molar-refractivity contribution is -0.163. The largest absolute Gasteiger partial charge is 0.459 e. The highest BCUT2D eigenvalue weighted by molar-refractivity contribution is 5.82. The minimum Gasteiger partial charge on any atom is -0.459 e. The maximum absolute atomic E-state index is 12.2. The maximum atomic E-state index is 12.2. The Balaban J connectivity index is 2.10. The van der Waals surface area contributed by atoms with E-state index in [1.165, 1.54) is 0 Å². The van der Waals surface area contributed by atoms with Gasteiger partial charge in [-0.1, -0.05) is 0 Å². The average Bonchev–Trinajstić information content (AvgIpc) is 2.67. The molecule has 1 aliphatic heterocycles. The van der Waals surface area contributed by atoms with Crippen LogP contribution in [0.5, 0.6) is 0 Å². The van der Waals surface area contributed by atoms with Gasteiger partial charge in [0.05, 0.1) is 0 Å². The van der Waals surface area contributed by atoms with E-state index in [4.69, 9.17) is 10.5 Å². The van der Waals surface area contributed by atoms with Gasteiger partial charge in [0.1, 0.15) is 11.1 Å². The topological polar surface area (TPSA) is 64.3 Å². The number of hydrogen-bond acceptors (Lipinski definition) is 4. The molecule has 0 spiro atoms. The summed E-state index contributed by atoms with van der Waals surface area (Å²) in [4.78, 5) is 12.2. The zero-order valence-corrected chi connectivity index (χ0v) is 10.4. The van der Waals surface area contributed by atoms with Crippen molar-refractivity contribution in [2.45, 2.75) is 44.8 Å². The van der Waals surface area contributed by atoms with Crippen LogP contribution in [-0.4, -0.2) is 30.2 Å². The summed E-state index contributed by atoms with van der Waals surface area (Å²) in [7, 11) is 0. The first-order valence-corrected chi connectivity index (χ1v) is 6.06. The van der Waals surface area contributed by atoms with Gasteiger partial charge in [0.25, 0.3) is 0 Å². The van der Waals surface area contributed by atoms with E-state index in [9.17, 15) is 4.79 Å². The van der Waals surface area contributed by atoms with Crippen LogP contribution in [0.3, 0.4) is 0 Å². The van der Waals surface area contributed by atoms with Crippen LogP contribution >= 0.6 is 0 Å². The molecule has 4 heteroatoms. The van der Waals surface area contributed by atoms with Crippen molar-refractivity contribution >= 4 is 5.97 Å². The normalized spacial score (nSPS) is 38.5. The first-order valence-electron chi connectivity index (χ1n) is 6.06. The van der Waals surface area contributed by atoms with Gasteiger partial charge in [-0.25, -0.2) is 0 Å². The van der Waals surface area contributed by atoms with Crippen LogP contribution in [0.4, 0.5) is 0 Å². The highest BCUT2D eigenvalue weighted by Gasteiger charge is 2.54. The number of nitrogens with one attached hydrogen (secondary N) is 1. The minimum absolute atomic E-state index is 0.226. The molecule has 0 radical (unpaired) electrons. The summed E-state index contributed by atoms with van der Waals surface area (Å²) in [5.74, 6) is 0.580. The third kappa shape index (κ3) is 1.96. The fourth-order valence-corrected chi connectivity index (χ4v) is 2.88. The summed E-state index contributed by atoms with van der Waals surface area (Å²) in [6, 6.07) is 0. The zero-order chi connectivity index (χ0) is 12.0. The lowest BCUT2D eigenvalue weighted by atomic mass is 9.85. The molecule has 0 aromatic heterocycles. The molecule has 2 fully saturated rings. The molecular formula is C12H22N2O2. The number of nitrogens with two attached hydrogens (primary N) is 1. The Labute approximate surface area is 96.9 Å². The first kappa shape index (κ1) is 11.9. The van der Waals surface area contributed by atoms with Gasteiger partial charge in [0.2, 0.25) is 0 Å². The molecule has 2 rings (SSSR count). The van der Waals surface area contributed by atoms with Crippen molar-refractivity contribution in [3.05, 3.63) is 0 Å². The Kier molecular flexibility index (Phi) is 2.75. The molecule has 1 heterocycles. The van der Waals surface area contributed by atoms with Crippen LogP contribution in [0.25, 0.3) is 0 Å². The van der Waals surface area contributed by atoms with Crippen LogP contribution in [0.15, 0.2) is 0 Å². The Morgan fingerprint density at radius 2 is 2.12 bits per heavy atom. The molecule has 0 aromatic carbocycles. The monoisotopic (exact) mass is 226 g/mol. The molecule has 0 amide bonds. The Hall–Kier alpha value is -0.610. The zero-order valence-electron chi connectivity index (χ0n) is 10.4. The summed E-state index contributed by atoms with van der Waals surface area (Å²) >= 11 is 0. The van der Waals surface area contributed by atoms with Crippen molar-refractivity contribution in [1.82, 2.24) is 5.32 Å². The third-order valence-corrected chi connectivity index (χ3v) is 3.71. The number of carbonyl (C=O) groups is 1. The van der Waals surface area contributed by atoms with Crippen LogP contribution in [0, 0.1) is 11.8 Å². The van der Waals surface area contributed by atoms with Gasteiger partial charge in [-0.3, -0.25) is 4.79 Å². The summed E-state index contributed by atoms with van der Waals surface area (Å²) in [6.45, 7) is 7.49. The van der Waals surface area contributed by atoms with Gasteiger partial charge in [-0.15, -0.1) is 0 Å². The molecule has 1 saturated carbocycles. The van der Waals surface area contributed by atoms with Crippen molar-refractivity contribution in [2.24, 2.45) is 17.6 Å². The quantitative estimate of drug-likeness (QED) is 0.645. The number of rotatable bonds is 1. The molecule has 0 bridgehead atoms. The SMILES string of the molecule is CC(C)(C)OC(=O)C1(N)CCC2CNCC21. The second-order valence-corrected chi connectivity index (χ2v) is 6.11. The molecule has 0 aromatic rings. The molecule has 3 atom stereocenters. The maximum Gasteiger partial charge on any atom is 0.326 e. The van der Waals surface area contributed by atoms with Crippen molar-refractivity contribution in [2.75, 3.05) is 13.1 Å². The van der Waals surface area contributed by atoms with Crippen molar-refractivity contribution in [1.29, 1.82) is 0 Å². The van der Waals surface area contributed by atoms with Gasteiger partial charge in [0, 0.05) is 12.5 Å². The van der Waals surface area contributed by atoms with Crippen molar-refractivity contribution < 1.29 is 9.53 Å². The van der Waals surface area contributed by atoms with E-state index >= 15 is 0 Å². The lowest BCUT2D eigenvalue weighted by Crippen LogP contribution is -2.55. The molecule has 16 heavy (non-hydrogen) atoms. The van der Waals surface area contributed by atoms with Crippen LogP contribution < -0.4 is 11.1 Å². The summed E-state index contributed by atoms with van der Waals surface area (Å²) in [5.41, 5.74) is 5.07. The first-order chi connectivity index (χ1) is 7.33. The average molecular weight is 226 g/mol. The number of fused-ring (bicyclic) bond motifs is 1. The van der Waals surface area contributed by atoms with E-state index < -0.39 is 11.1 Å². The smallest absolute Gasteiger partial charge is 0.326 e. The highest BCUT2D eigenvalue weighted by atomic mass is 16.6. The molecule has 1 saturated heterocycles. The van der Waals surface area contributed by atoms with Crippen molar-refractivity contribution in [3.8, 4) is 0 Å². The second-order valence-electron chi connectivity index (χ2n) is 6.11. The summed E-state index contributed by atoms with van der Waals surface area (Å²) < 4.78 is 5.44. The predicted molar refractivity (Wildman–Crippen MR) is 61.8 cm³/mol. The molecule has 4 nitrogen and oxygen atoms in total. The summed E-state index contributed by atoms with van der Waals surface area (Å²) in [5, 5.41) is 3.31. The minimum atomic E-state index is -0.762. The molecular weight excluding hydrogens is 204 g/mol. The van der Waals surface area contributed by atoms with Gasteiger partial charge >= 0.3 is 5.97 Å². The molecule has 92 valence electrons. The fourth-order valence-electron chi connectivity index (χ4n) is 2.88. The Bertz CT molecular complexity index is 298. The van der Waals surface area contributed by atoms with E-state index in [2.05, 4.69) is 5.32 Å². The van der Waals surface area contributed by atoms with Crippen molar-refractivity contribution in [3.63, 3.8) is 0 Å². The third-order valence-electron chi connectivity index (χ3n) is 3.71. The highest BCUT2D eigenvalue weighted by Crippen LogP contribution is 2.41. The van der Waals surface area contributed by atoms with Crippen LogP contribution in [0.1, 0.15) is 33.6 Å². The van der Waals surface area contributed by atoms with E-state index in [0.717, 1.165) is 25.9 Å². The Morgan fingerprint density at radius 3 is 2.75 bits per heavy atom. The van der Waals surface area contributed by atoms with Gasteiger partial charge in [0.15, 0.2) is 0 Å². The number of carbonyl (C=O) groups excluding carboxylic acids is 1. The standard InChI is InChI=1S/C12H22N2O2/c1-11(2,3)16-10(15)12(13)5-4-8-6-14-7-9(8)12/h8-9,14H,4-7,13H2,1-3H3. The van der Waals surface area contributed by atoms with Gasteiger partial charge < -0.3 is 15.8 Å². The Morgan fingerprint density at radius 1 is 1.44 bits per heavy atom. The summed E-state index contributed by atoms with van der Waals surface area (Å²) in [6.07, 6.45) is 1.80. The molecule has 3 N–H and O–H groups in total. The predicted octanol–water partition coefficient (Wildman–Crippen LogP) is 0.655. The number of hydrogen-bond donors (Lipinski definition) is 2. The second kappa shape index (κ2) is 3.70. The lowest BCUT2D eigenvalue weighted by Gasteiger charge is -2.32. The van der Waals surface area contributed by atoms with E-state index in [0.29, 0.717) is 5.92 Å². The molecule has 3 unspecified atom stereocenters. The number of ether oxygens (including phenoxy) is 1. The number of esters is 1. The van der Waals surface area contributed by atoms with E-state index in [-0.39, 0.29) is 11.9 Å². The van der Waals surface area contributed by atoms with Crippen LogP contribution in [0.2, 0.25) is 0 Å².